The molecule has 8 nitrogen and oxygen atoms in total. The van der Waals surface area contributed by atoms with Gasteiger partial charge in [0.2, 0.25) is 5.91 Å². The number of aliphatic hydroxyl groups excluding tert-OH is 3. The minimum atomic E-state index is -1.43. The Balaban J connectivity index is 1.44. The molecule has 3 aliphatic rings. The van der Waals surface area contributed by atoms with Gasteiger partial charge in [-0.2, -0.15) is 0 Å². The first-order valence-electron chi connectivity index (χ1n) is 12.0. The van der Waals surface area contributed by atoms with Gasteiger partial charge in [-0.25, -0.2) is 4.39 Å². The molecule has 11 atom stereocenters. The lowest BCUT2D eigenvalue weighted by atomic mass is 9.85. The van der Waals surface area contributed by atoms with E-state index in [9.17, 15) is 24.5 Å². The van der Waals surface area contributed by atoms with Gasteiger partial charge in [-0.15, -0.1) is 23.4 Å². The third-order valence-corrected chi connectivity index (χ3v) is 8.48. The molecule has 4 rings (SSSR count). The zero-order valence-electron chi connectivity index (χ0n) is 19.7. The Labute approximate surface area is 213 Å². The summed E-state index contributed by atoms with van der Waals surface area (Å²) in [5.74, 6) is -0.387. The molecule has 1 amide bonds. The number of thioether (sulfide) groups is 1. The van der Waals surface area contributed by atoms with Gasteiger partial charge in [-0.3, -0.25) is 4.79 Å². The maximum absolute atomic E-state index is 13.8. The summed E-state index contributed by atoms with van der Waals surface area (Å²) in [6.07, 6.45) is -2.26. The highest BCUT2D eigenvalue weighted by molar-refractivity contribution is 7.99. The van der Waals surface area contributed by atoms with E-state index in [-0.39, 0.29) is 29.7 Å². The predicted octanol–water partition coefficient (Wildman–Crippen LogP) is 0.959. The van der Waals surface area contributed by atoms with Crippen LogP contribution in [0.5, 0.6) is 0 Å². The third-order valence-electron chi connectivity index (χ3n) is 7.36. The fourth-order valence-corrected chi connectivity index (χ4v) is 6.33. The third kappa shape index (κ3) is 5.80. The second kappa shape index (κ2) is 11.6. The van der Waals surface area contributed by atoms with Gasteiger partial charge in [0, 0.05) is 19.1 Å². The Morgan fingerprint density at radius 2 is 2.06 bits per heavy atom. The minimum Gasteiger partial charge on any atom is -0.388 e. The van der Waals surface area contributed by atoms with Crippen LogP contribution in [0.4, 0.5) is 4.39 Å². The molecule has 1 aromatic rings. The van der Waals surface area contributed by atoms with Crippen LogP contribution in [0.3, 0.4) is 0 Å². The van der Waals surface area contributed by atoms with Crippen LogP contribution in [0.2, 0.25) is 0 Å². The first kappa shape index (κ1) is 27.1. The number of halogens is 2. The van der Waals surface area contributed by atoms with Gasteiger partial charge in [-0.1, -0.05) is 12.1 Å². The zero-order chi connectivity index (χ0) is 25.3. The SMILES string of the molecule is CSC1O[C@H]([C@H](NC(=O)[C@H]2NC[C@@H]3C[C@@H](c4cccc(F)c4)CCO[C@H]32)[C@H](C)Cl)C(O)C(O)[C@H]1O. The first-order chi connectivity index (χ1) is 16.7. The topological polar surface area (TPSA) is 120 Å². The van der Waals surface area contributed by atoms with Crippen LogP contribution in [0.25, 0.3) is 0 Å². The molecule has 0 saturated carbocycles. The number of rotatable bonds is 6. The molecular weight excluding hydrogens is 499 g/mol. The summed E-state index contributed by atoms with van der Waals surface area (Å²) in [7, 11) is 0. The normalized spacial score (nSPS) is 39.3. The van der Waals surface area contributed by atoms with Crippen molar-refractivity contribution >= 4 is 29.3 Å². The number of benzene rings is 1. The highest BCUT2D eigenvalue weighted by Crippen LogP contribution is 2.36. The Bertz CT molecular complexity index is 882. The van der Waals surface area contributed by atoms with Crippen LogP contribution < -0.4 is 10.6 Å². The van der Waals surface area contributed by atoms with E-state index in [4.69, 9.17) is 21.1 Å². The lowest BCUT2D eigenvalue weighted by Crippen LogP contribution is -2.65. The molecule has 0 radical (unpaired) electrons. The molecule has 3 unspecified atom stereocenters. The van der Waals surface area contributed by atoms with Crippen LogP contribution in [-0.4, -0.2) is 94.1 Å². The van der Waals surface area contributed by atoms with E-state index in [2.05, 4.69) is 10.6 Å². The van der Waals surface area contributed by atoms with Gasteiger partial charge in [0.05, 0.1) is 17.5 Å². The Hall–Kier alpha value is -0.980. The quantitative estimate of drug-likeness (QED) is 0.344. The number of nitrogens with one attached hydrogen (secondary N) is 2. The lowest BCUT2D eigenvalue weighted by Gasteiger charge is -2.44. The van der Waals surface area contributed by atoms with E-state index < -0.39 is 47.3 Å². The molecule has 3 fully saturated rings. The van der Waals surface area contributed by atoms with Crippen molar-refractivity contribution in [3.05, 3.63) is 35.6 Å². The fourth-order valence-electron chi connectivity index (χ4n) is 5.45. The van der Waals surface area contributed by atoms with Gasteiger partial charge in [0.15, 0.2) is 0 Å². The first-order valence-corrected chi connectivity index (χ1v) is 13.7. The number of alkyl halides is 1. The largest absolute Gasteiger partial charge is 0.388 e. The molecule has 3 saturated heterocycles. The van der Waals surface area contributed by atoms with E-state index in [1.54, 1.807) is 25.3 Å². The second-order valence-corrected chi connectivity index (χ2v) is 11.3. The molecular formula is C24H34ClFN2O6S. The van der Waals surface area contributed by atoms with Crippen molar-refractivity contribution in [1.82, 2.24) is 10.6 Å². The van der Waals surface area contributed by atoms with Crippen molar-refractivity contribution in [3.63, 3.8) is 0 Å². The van der Waals surface area contributed by atoms with Crippen molar-refractivity contribution in [3.8, 4) is 0 Å². The molecule has 3 aliphatic heterocycles. The van der Waals surface area contributed by atoms with Gasteiger partial charge < -0.3 is 35.4 Å². The standard InChI is InChI=1S/C24H34ClFN2O6S/c1-11(25)16(22-19(30)18(29)20(31)24(34-22)35-2)28-23(32)17-21-14(10-27-17)8-13(6-7-33-21)12-4-3-5-15(26)9-12/h3-5,9,11,13-14,16-22,24,27,29-31H,6-8,10H2,1-2H3,(H,28,32)/t11-,13-,14-,16+,17-,18?,19?,20+,21+,22+,24?/m0/s1. The highest BCUT2D eigenvalue weighted by Gasteiger charge is 2.49. The number of hydrogen-bond acceptors (Lipinski definition) is 8. The average Bonchev–Trinajstić information content (AvgIpc) is 3.11. The predicted molar refractivity (Wildman–Crippen MR) is 131 cm³/mol. The molecule has 11 heteroatoms. The summed E-state index contributed by atoms with van der Waals surface area (Å²) in [5.41, 5.74) is 0.165. The zero-order valence-corrected chi connectivity index (χ0v) is 21.3. The smallest absolute Gasteiger partial charge is 0.240 e. The summed E-state index contributed by atoms with van der Waals surface area (Å²) in [4.78, 5) is 13.4. The Kier molecular flexibility index (Phi) is 8.97. The van der Waals surface area contributed by atoms with Crippen molar-refractivity contribution in [2.75, 3.05) is 19.4 Å². The van der Waals surface area contributed by atoms with Crippen molar-refractivity contribution in [1.29, 1.82) is 0 Å². The van der Waals surface area contributed by atoms with Gasteiger partial charge >= 0.3 is 0 Å². The number of aliphatic hydroxyl groups is 3. The van der Waals surface area contributed by atoms with Crippen LogP contribution in [0.15, 0.2) is 24.3 Å². The fraction of sp³-hybridized carbons (Fsp3) is 0.708. The van der Waals surface area contributed by atoms with E-state index >= 15 is 0 Å². The van der Waals surface area contributed by atoms with E-state index in [1.807, 2.05) is 6.07 Å². The number of ether oxygens (including phenoxy) is 2. The van der Waals surface area contributed by atoms with Crippen LogP contribution in [0.1, 0.15) is 31.2 Å². The van der Waals surface area contributed by atoms with Crippen molar-refractivity contribution < 1.29 is 34.0 Å². The Morgan fingerprint density at radius 1 is 1.29 bits per heavy atom. The summed E-state index contributed by atoms with van der Waals surface area (Å²) in [6, 6.07) is 5.19. The maximum atomic E-state index is 13.8. The molecule has 0 spiro atoms. The number of hydrogen-bond donors (Lipinski definition) is 5. The second-order valence-electron chi connectivity index (χ2n) is 9.65. The number of carbonyl (C=O) groups excluding carboxylic acids is 1. The molecule has 0 aliphatic carbocycles. The summed E-state index contributed by atoms with van der Waals surface area (Å²) in [6.45, 7) is 2.70. The summed E-state index contributed by atoms with van der Waals surface area (Å²) >= 11 is 7.59. The number of fused-ring (bicyclic) bond motifs is 1. The van der Waals surface area contributed by atoms with Gasteiger partial charge in [0.25, 0.3) is 0 Å². The van der Waals surface area contributed by atoms with Gasteiger partial charge in [0.1, 0.15) is 41.7 Å². The van der Waals surface area contributed by atoms with Crippen molar-refractivity contribution in [2.24, 2.45) is 5.92 Å². The van der Waals surface area contributed by atoms with Crippen molar-refractivity contribution in [2.45, 2.75) is 79.1 Å². The lowest BCUT2D eigenvalue weighted by molar-refractivity contribution is -0.205. The molecule has 196 valence electrons. The molecule has 1 aromatic carbocycles. The molecule has 0 bridgehead atoms. The highest BCUT2D eigenvalue weighted by atomic mass is 35.5. The summed E-state index contributed by atoms with van der Waals surface area (Å²) < 4.78 is 25.7. The molecule has 35 heavy (non-hydrogen) atoms. The number of amides is 1. The summed E-state index contributed by atoms with van der Waals surface area (Å²) in [5, 5.41) is 36.6. The van der Waals surface area contributed by atoms with E-state index in [0.29, 0.717) is 13.2 Å². The molecule has 5 N–H and O–H groups in total. The van der Waals surface area contributed by atoms with Gasteiger partial charge in [-0.05, 0) is 49.6 Å². The minimum absolute atomic E-state index is 0.0720. The molecule has 0 aromatic heterocycles. The van der Waals surface area contributed by atoms with E-state index in [1.165, 1.54) is 17.8 Å². The van der Waals surface area contributed by atoms with Crippen LogP contribution in [-0.2, 0) is 14.3 Å². The van der Waals surface area contributed by atoms with Crippen LogP contribution in [0, 0.1) is 11.7 Å². The monoisotopic (exact) mass is 532 g/mol. The van der Waals surface area contributed by atoms with Crippen LogP contribution >= 0.6 is 23.4 Å². The number of carbonyl (C=O) groups is 1. The maximum Gasteiger partial charge on any atom is 0.240 e. The Morgan fingerprint density at radius 3 is 2.74 bits per heavy atom. The molecule has 3 heterocycles. The average molecular weight is 533 g/mol. The van der Waals surface area contributed by atoms with E-state index in [0.717, 1.165) is 18.4 Å².